The van der Waals surface area contributed by atoms with Crippen LogP contribution >= 0.6 is 44.1 Å². The molecule has 1 heterocycles. The minimum atomic E-state index is -0.580. The number of ether oxygens (including phenoxy) is 2. The van der Waals surface area contributed by atoms with Crippen LogP contribution in [-0.2, 0) is 19.1 Å². The number of esters is 1. The number of carbonyl (C=O) groups excluding carboxylic acids is 3. The van der Waals surface area contributed by atoms with Crippen LogP contribution in [0.2, 0.25) is 0 Å². The molecule has 1 aromatic rings. The third-order valence-corrected chi connectivity index (χ3v) is 4.89. The van der Waals surface area contributed by atoms with Crippen molar-refractivity contribution >= 4 is 73.0 Å². The monoisotopic (exact) mass is 516 g/mol. The number of hydrogen-bond donors (Lipinski definition) is 1. The fourth-order valence-electron chi connectivity index (χ4n) is 2.15. The zero-order valence-electron chi connectivity index (χ0n) is 14.1. The second-order valence-corrected chi connectivity index (χ2v) is 7.30. The number of methoxy groups -OCH3 is 1. The summed E-state index contributed by atoms with van der Waals surface area (Å²) in [5.41, 5.74) is 0.497. The third kappa shape index (κ3) is 5.02. The lowest BCUT2D eigenvalue weighted by Crippen LogP contribution is -2.53. The fourth-order valence-corrected chi connectivity index (χ4v) is 3.85. The van der Waals surface area contributed by atoms with E-state index in [1.807, 2.05) is 0 Å². The lowest BCUT2D eigenvalue weighted by atomic mass is 10.1. The van der Waals surface area contributed by atoms with Crippen LogP contribution in [0, 0.1) is 0 Å². The van der Waals surface area contributed by atoms with Crippen molar-refractivity contribution in [2.75, 3.05) is 20.3 Å². The summed E-state index contributed by atoms with van der Waals surface area (Å²) in [6, 6.07) is 3.30. The topological polar surface area (TPSA) is 84.9 Å². The summed E-state index contributed by atoms with van der Waals surface area (Å²) >= 11 is 11.7. The second kappa shape index (κ2) is 9.25. The van der Waals surface area contributed by atoms with E-state index in [1.54, 1.807) is 12.1 Å². The maximum atomic E-state index is 12.5. The molecule has 0 saturated carbocycles. The minimum Gasteiger partial charge on any atom is -0.480 e. The lowest BCUT2D eigenvalue weighted by Gasteiger charge is -2.27. The third-order valence-electron chi connectivity index (χ3n) is 3.39. The van der Waals surface area contributed by atoms with Crippen molar-refractivity contribution in [1.29, 1.82) is 0 Å². The van der Waals surface area contributed by atoms with Gasteiger partial charge in [-0.3, -0.25) is 19.8 Å². The van der Waals surface area contributed by atoms with Gasteiger partial charge in [-0.25, -0.2) is 4.79 Å². The Kier molecular flexibility index (Phi) is 7.28. The van der Waals surface area contributed by atoms with Gasteiger partial charge in [-0.1, -0.05) is 6.08 Å². The van der Waals surface area contributed by atoms with Crippen molar-refractivity contribution < 1.29 is 23.9 Å². The summed E-state index contributed by atoms with van der Waals surface area (Å²) < 4.78 is 11.0. The van der Waals surface area contributed by atoms with Gasteiger partial charge in [-0.05, 0) is 67.8 Å². The highest BCUT2D eigenvalue weighted by atomic mass is 79.9. The molecular weight excluding hydrogens is 504 g/mol. The standard InChI is InChI=1S/C17H14Br2N2O5S/c1-3-4-21-16(24)10(15(23)20-17(21)27)5-9-6-11(18)14(12(19)7-9)26-8-13(22)25-2/h3,5-7H,1,4,8H2,2H3,(H,20,23,27)/b10-5+. The number of benzene rings is 1. The Labute approximate surface area is 177 Å². The predicted octanol–water partition coefficient (Wildman–Crippen LogP) is 2.58. The van der Waals surface area contributed by atoms with Gasteiger partial charge < -0.3 is 9.47 Å². The van der Waals surface area contributed by atoms with Gasteiger partial charge in [0, 0.05) is 6.54 Å². The van der Waals surface area contributed by atoms with Crippen molar-refractivity contribution in [2.45, 2.75) is 0 Å². The Morgan fingerprint density at radius 3 is 2.52 bits per heavy atom. The first kappa shape index (κ1) is 21.3. The van der Waals surface area contributed by atoms with Crippen LogP contribution in [0.1, 0.15) is 5.56 Å². The van der Waals surface area contributed by atoms with Crippen molar-refractivity contribution in [3.8, 4) is 5.75 Å². The van der Waals surface area contributed by atoms with Gasteiger partial charge in [0.2, 0.25) is 0 Å². The van der Waals surface area contributed by atoms with E-state index in [-0.39, 0.29) is 23.8 Å². The van der Waals surface area contributed by atoms with Gasteiger partial charge in [-0.2, -0.15) is 0 Å². The normalized spacial score (nSPS) is 15.6. The molecule has 2 rings (SSSR count). The number of halogens is 2. The average molecular weight is 518 g/mol. The molecular formula is C17H14Br2N2O5S. The minimum absolute atomic E-state index is 0.0379. The number of carbonyl (C=O) groups is 3. The van der Waals surface area contributed by atoms with E-state index >= 15 is 0 Å². The molecule has 1 saturated heterocycles. The van der Waals surface area contributed by atoms with Crippen molar-refractivity contribution in [1.82, 2.24) is 10.2 Å². The van der Waals surface area contributed by atoms with Gasteiger partial charge in [0.05, 0.1) is 16.1 Å². The van der Waals surface area contributed by atoms with E-state index in [9.17, 15) is 14.4 Å². The van der Waals surface area contributed by atoms with Crippen molar-refractivity contribution in [2.24, 2.45) is 0 Å². The Balaban J connectivity index is 2.33. The average Bonchev–Trinajstić information content (AvgIpc) is 2.61. The molecule has 1 fully saturated rings. The Hall–Kier alpha value is -2.04. The molecule has 0 bridgehead atoms. The van der Waals surface area contributed by atoms with Gasteiger partial charge in [0.1, 0.15) is 11.3 Å². The molecule has 0 aliphatic carbocycles. The molecule has 1 N–H and O–H groups in total. The molecule has 1 aliphatic rings. The predicted molar refractivity (Wildman–Crippen MR) is 110 cm³/mol. The molecule has 2 amide bonds. The largest absolute Gasteiger partial charge is 0.480 e. The summed E-state index contributed by atoms with van der Waals surface area (Å²) in [4.78, 5) is 37.2. The number of nitrogens with zero attached hydrogens (tertiary/aromatic N) is 1. The first-order valence-electron chi connectivity index (χ1n) is 7.47. The number of nitrogens with one attached hydrogen (secondary N) is 1. The zero-order valence-corrected chi connectivity index (χ0v) is 18.1. The number of hydrogen-bond acceptors (Lipinski definition) is 6. The van der Waals surface area contributed by atoms with Crippen LogP contribution in [0.4, 0.5) is 0 Å². The molecule has 10 heteroatoms. The Morgan fingerprint density at radius 1 is 1.33 bits per heavy atom. The molecule has 1 aliphatic heterocycles. The van der Waals surface area contributed by atoms with Crippen LogP contribution in [0.15, 0.2) is 39.3 Å². The summed E-state index contributed by atoms with van der Waals surface area (Å²) in [6.45, 7) is 3.50. The smallest absolute Gasteiger partial charge is 0.343 e. The summed E-state index contributed by atoms with van der Waals surface area (Å²) in [5.74, 6) is -1.23. The van der Waals surface area contributed by atoms with Crippen LogP contribution < -0.4 is 10.1 Å². The molecule has 7 nitrogen and oxygen atoms in total. The van der Waals surface area contributed by atoms with E-state index in [4.69, 9.17) is 17.0 Å². The number of rotatable bonds is 6. The molecule has 0 unspecified atom stereocenters. The van der Waals surface area contributed by atoms with E-state index in [0.717, 1.165) is 0 Å². The van der Waals surface area contributed by atoms with Crippen molar-refractivity contribution in [3.63, 3.8) is 0 Å². The Morgan fingerprint density at radius 2 is 1.96 bits per heavy atom. The molecule has 0 spiro atoms. The van der Waals surface area contributed by atoms with Crippen LogP contribution in [0.5, 0.6) is 5.75 Å². The molecule has 0 aromatic heterocycles. The van der Waals surface area contributed by atoms with E-state index < -0.39 is 17.8 Å². The van der Waals surface area contributed by atoms with E-state index in [0.29, 0.717) is 20.3 Å². The lowest BCUT2D eigenvalue weighted by molar-refractivity contribution is -0.143. The van der Waals surface area contributed by atoms with E-state index in [1.165, 1.54) is 24.2 Å². The summed E-state index contributed by atoms with van der Waals surface area (Å²) in [6.07, 6.45) is 2.95. The maximum absolute atomic E-state index is 12.5. The van der Waals surface area contributed by atoms with Gasteiger partial charge >= 0.3 is 5.97 Å². The fraction of sp³-hybridized carbons (Fsp3) is 0.176. The van der Waals surface area contributed by atoms with E-state index in [2.05, 4.69) is 48.5 Å². The first-order chi connectivity index (χ1) is 12.8. The van der Waals surface area contributed by atoms with Gasteiger partial charge in [0.25, 0.3) is 11.8 Å². The van der Waals surface area contributed by atoms with Crippen LogP contribution in [0.3, 0.4) is 0 Å². The highest BCUT2D eigenvalue weighted by molar-refractivity contribution is 9.11. The zero-order chi connectivity index (χ0) is 20.1. The summed E-state index contributed by atoms with van der Waals surface area (Å²) in [5, 5.41) is 2.51. The number of amides is 2. The van der Waals surface area contributed by atoms with Crippen molar-refractivity contribution in [3.05, 3.63) is 44.9 Å². The molecule has 1 aromatic carbocycles. The molecule has 27 heavy (non-hydrogen) atoms. The van der Waals surface area contributed by atoms with Crippen LogP contribution in [0.25, 0.3) is 6.08 Å². The molecule has 142 valence electrons. The van der Waals surface area contributed by atoms with Gasteiger partial charge in [-0.15, -0.1) is 6.58 Å². The highest BCUT2D eigenvalue weighted by Gasteiger charge is 2.32. The quantitative estimate of drug-likeness (QED) is 0.205. The highest BCUT2D eigenvalue weighted by Crippen LogP contribution is 2.35. The molecule has 0 radical (unpaired) electrons. The SMILES string of the molecule is C=CCN1C(=O)/C(=C/c2cc(Br)c(OCC(=O)OC)c(Br)c2)C(=O)NC1=S. The van der Waals surface area contributed by atoms with Crippen LogP contribution in [-0.4, -0.2) is 48.1 Å². The number of thiocarbonyl (C=S) groups is 1. The first-order valence-corrected chi connectivity index (χ1v) is 9.46. The second-order valence-electron chi connectivity index (χ2n) is 5.20. The Bertz CT molecular complexity index is 846. The van der Waals surface area contributed by atoms with Gasteiger partial charge in [0.15, 0.2) is 11.7 Å². The molecule has 0 atom stereocenters. The summed E-state index contributed by atoms with van der Waals surface area (Å²) in [7, 11) is 1.26. The maximum Gasteiger partial charge on any atom is 0.343 e.